The maximum absolute atomic E-state index is 12.4. The third-order valence-corrected chi connectivity index (χ3v) is 16.0. The lowest BCUT2D eigenvalue weighted by atomic mass is 9.82. The number of carbonyl (C=O) groups is 1. The maximum atomic E-state index is 12.4. The fourth-order valence-corrected chi connectivity index (χ4v) is 10.4. The molecule has 0 amide bonds. The van der Waals surface area contributed by atoms with Crippen LogP contribution < -0.4 is 26.6 Å². The van der Waals surface area contributed by atoms with Crippen LogP contribution in [-0.4, -0.2) is 98.3 Å². The number of nitrogens with one attached hydrogen (secondary N) is 3. The fraction of sp³-hybridized carbons (Fsp3) is 0.500. The molecular weight excluding hydrogens is 918 g/mol. The number of hydrogen-bond donors (Lipinski definition) is 7. The van der Waals surface area contributed by atoms with Gasteiger partial charge in [-0.1, -0.05) is 88.2 Å². The SMILES string of the molecule is CC(=O)C(=N)N(C(=N)c1cc(C(C)C)c(O)cc1O)c1ccc(CN2CC(N3CCC(C(Nc4cccc(Sc5ncc(N6CCC(C)(N)CC6)nc5N)c4Cl)=C4CCC4)CC3)C2)cc1.CCC(C)C. The monoisotopic (exact) mass is 992 g/mol. The van der Waals surface area contributed by atoms with Gasteiger partial charge >= 0.3 is 0 Å². The van der Waals surface area contributed by atoms with Crippen molar-refractivity contribution < 1.29 is 15.0 Å². The Balaban J connectivity index is 0.00000137. The number of halogens is 1. The number of phenolic OH excluding ortho intramolecular Hbond substituents is 2. The number of amidine groups is 2. The molecule has 0 spiro atoms. The van der Waals surface area contributed by atoms with Gasteiger partial charge in [-0.15, -0.1) is 0 Å². The van der Waals surface area contributed by atoms with E-state index in [1.807, 2.05) is 50.2 Å². The number of piperidine rings is 2. The predicted octanol–water partition coefficient (Wildman–Crippen LogP) is 10.6. The van der Waals surface area contributed by atoms with Crippen LogP contribution in [0.15, 0.2) is 82.0 Å². The van der Waals surface area contributed by atoms with Gasteiger partial charge in [0.1, 0.15) is 28.2 Å². The van der Waals surface area contributed by atoms with Crippen molar-refractivity contribution in [1.82, 2.24) is 19.8 Å². The van der Waals surface area contributed by atoms with Crippen molar-refractivity contribution >= 4 is 63.8 Å². The number of nitrogens with two attached hydrogens (primary N) is 2. The summed E-state index contributed by atoms with van der Waals surface area (Å²) in [5.41, 5.74) is 18.7. The van der Waals surface area contributed by atoms with Gasteiger partial charge in [-0.05, 0) is 118 Å². The Hall–Kier alpha value is -5.19. The molecule has 9 N–H and O–H groups in total. The van der Waals surface area contributed by atoms with Crippen molar-refractivity contribution in [3.05, 3.63) is 93.8 Å². The van der Waals surface area contributed by atoms with E-state index in [9.17, 15) is 15.0 Å². The molecule has 4 aliphatic rings. The van der Waals surface area contributed by atoms with E-state index in [0.29, 0.717) is 39.1 Å². The van der Waals surface area contributed by atoms with Crippen LogP contribution in [0.1, 0.15) is 122 Å². The third-order valence-electron chi connectivity index (χ3n) is 14.4. The first kappa shape index (κ1) is 52.6. The van der Waals surface area contributed by atoms with Gasteiger partial charge in [-0.3, -0.25) is 30.3 Å². The van der Waals surface area contributed by atoms with E-state index in [1.165, 1.54) is 53.8 Å². The molecule has 3 aromatic carbocycles. The lowest BCUT2D eigenvalue weighted by Gasteiger charge is -2.48. The Labute approximate surface area is 424 Å². The summed E-state index contributed by atoms with van der Waals surface area (Å²) < 4.78 is 0. The van der Waals surface area contributed by atoms with Gasteiger partial charge in [0.2, 0.25) is 0 Å². The van der Waals surface area contributed by atoms with E-state index in [2.05, 4.69) is 53.8 Å². The van der Waals surface area contributed by atoms with Crippen LogP contribution in [-0.2, 0) is 11.3 Å². The van der Waals surface area contributed by atoms with E-state index in [0.717, 1.165) is 112 Å². The summed E-state index contributed by atoms with van der Waals surface area (Å²) in [6.07, 6.45) is 10.5. The summed E-state index contributed by atoms with van der Waals surface area (Å²) >= 11 is 8.57. The molecule has 4 aromatic rings. The number of nitrogen functional groups attached to an aromatic ring is 1. The minimum absolute atomic E-state index is 0.0666. The van der Waals surface area contributed by atoms with E-state index >= 15 is 0 Å². The molecule has 0 unspecified atom stereocenters. The molecule has 376 valence electrons. The first-order chi connectivity index (χ1) is 33.3. The number of hydrogen-bond acceptors (Lipinski definition) is 14. The first-order valence-corrected chi connectivity index (χ1v) is 26.2. The zero-order valence-corrected chi connectivity index (χ0v) is 43.7. The van der Waals surface area contributed by atoms with Crippen LogP contribution in [0.2, 0.25) is 5.02 Å². The van der Waals surface area contributed by atoms with Gasteiger partial charge < -0.3 is 31.9 Å². The lowest BCUT2D eigenvalue weighted by molar-refractivity contribution is -0.111. The Morgan fingerprint density at radius 3 is 2.23 bits per heavy atom. The quantitative estimate of drug-likeness (QED) is 0.0464. The van der Waals surface area contributed by atoms with Gasteiger partial charge in [0.25, 0.3) is 0 Å². The molecule has 8 rings (SSSR count). The summed E-state index contributed by atoms with van der Waals surface area (Å²) in [5.74, 6) is 0.938. The number of anilines is 4. The number of likely N-dealkylation sites (tertiary alicyclic amines) is 2. The molecule has 4 fully saturated rings. The molecule has 0 radical (unpaired) electrons. The van der Waals surface area contributed by atoms with Crippen molar-refractivity contribution in [2.75, 3.05) is 60.1 Å². The summed E-state index contributed by atoms with van der Waals surface area (Å²) in [6, 6.07) is 16.9. The Morgan fingerprint density at radius 1 is 1.00 bits per heavy atom. The Kier molecular flexibility index (Phi) is 17.2. The highest BCUT2D eigenvalue weighted by atomic mass is 35.5. The molecule has 70 heavy (non-hydrogen) atoms. The summed E-state index contributed by atoms with van der Waals surface area (Å²) in [7, 11) is 0. The number of ketones is 1. The van der Waals surface area contributed by atoms with E-state index in [1.54, 1.807) is 12.3 Å². The fourth-order valence-electron chi connectivity index (χ4n) is 9.26. The van der Waals surface area contributed by atoms with Crippen LogP contribution in [0.5, 0.6) is 11.5 Å². The number of allylic oxidation sites excluding steroid dienone is 2. The molecule has 0 atom stereocenters. The molecule has 3 saturated heterocycles. The first-order valence-electron chi connectivity index (χ1n) is 25.0. The topological polar surface area (TPSA) is 208 Å². The van der Waals surface area contributed by atoms with Crippen LogP contribution in [0.25, 0.3) is 0 Å². The highest BCUT2D eigenvalue weighted by molar-refractivity contribution is 7.99. The normalized spacial score (nSPS) is 17.6. The van der Waals surface area contributed by atoms with E-state index in [-0.39, 0.29) is 40.2 Å². The average molecular weight is 993 g/mol. The molecular formula is C54H74ClN11O3S. The lowest BCUT2D eigenvalue weighted by Crippen LogP contribution is -2.60. The number of phenols is 2. The standard InChI is InChI=1S/C49H62ClN11O3S.C5H12/c1-29(2)36-23-37(40(64)24-39(36)63)47(53)61(46(52)30(3)62)34-13-11-31(12-14-34)26-58-27-35(28-58)59-19-15-33(16-20-59)44(32-7-5-8-32)56-38-9-6-10-41(43(38)50)65-48-45(51)57-42(25-55-48)60-21-17-49(4,54)18-22-60;1-4-5(2)3/h6,9-14,23-25,29,33,35,52-53,56,63-64H,5,7-8,15-22,26-28,54H2,1-4H3,(H2,51,57);5H,4H2,1-3H3. The van der Waals surface area contributed by atoms with Gasteiger partial charge in [0.15, 0.2) is 17.4 Å². The van der Waals surface area contributed by atoms with Crippen molar-refractivity contribution in [3.63, 3.8) is 0 Å². The van der Waals surface area contributed by atoms with Gasteiger partial charge in [0.05, 0.1) is 22.5 Å². The van der Waals surface area contributed by atoms with Gasteiger partial charge in [-0.2, -0.15) is 0 Å². The van der Waals surface area contributed by atoms with Gasteiger partial charge in [0, 0.05) is 79.5 Å². The highest BCUT2D eigenvalue weighted by Gasteiger charge is 2.36. The molecule has 1 saturated carbocycles. The van der Waals surface area contributed by atoms with Crippen LogP contribution in [0, 0.1) is 22.7 Å². The second kappa shape index (κ2) is 22.9. The number of benzene rings is 3. The minimum Gasteiger partial charge on any atom is -0.508 e. The largest absolute Gasteiger partial charge is 0.508 e. The summed E-state index contributed by atoms with van der Waals surface area (Å²) in [4.78, 5) is 31.2. The molecule has 4 heterocycles. The smallest absolute Gasteiger partial charge is 0.195 e. The Morgan fingerprint density at radius 2 is 1.66 bits per heavy atom. The second-order valence-corrected chi connectivity index (χ2v) is 22.0. The van der Waals surface area contributed by atoms with Crippen LogP contribution in [0.3, 0.4) is 0 Å². The number of nitrogens with zero attached hydrogens (tertiary/aromatic N) is 6. The third kappa shape index (κ3) is 12.6. The number of Topliss-reactive ketones (excluding diaryl/α,β-unsaturated/α-hetero) is 1. The Bertz CT molecular complexity index is 2540. The summed E-state index contributed by atoms with van der Waals surface area (Å²) in [5, 5.41) is 43.7. The molecule has 0 bridgehead atoms. The molecule has 3 aliphatic heterocycles. The predicted molar refractivity (Wildman–Crippen MR) is 287 cm³/mol. The van der Waals surface area contributed by atoms with Crippen LogP contribution in [0.4, 0.5) is 23.0 Å². The summed E-state index contributed by atoms with van der Waals surface area (Å²) in [6.45, 7) is 20.3. The number of carbonyl (C=O) groups excluding carboxylic acids is 1. The van der Waals surface area contributed by atoms with Crippen molar-refractivity contribution in [3.8, 4) is 11.5 Å². The maximum Gasteiger partial charge on any atom is 0.195 e. The molecule has 1 aliphatic carbocycles. The zero-order valence-electron chi connectivity index (χ0n) is 42.1. The van der Waals surface area contributed by atoms with Crippen molar-refractivity contribution in [2.24, 2.45) is 17.6 Å². The highest BCUT2D eigenvalue weighted by Crippen LogP contribution is 2.43. The van der Waals surface area contributed by atoms with Gasteiger partial charge in [-0.25, -0.2) is 9.97 Å². The number of rotatable bonds is 14. The minimum atomic E-state index is -0.511. The van der Waals surface area contributed by atoms with E-state index < -0.39 is 5.78 Å². The zero-order chi connectivity index (χ0) is 50.4. The van der Waals surface area contributed by atoms with E-state index in [4.69, 9.17) is 43.9 Å². The molecule has 16 heteroatoms. The average Bonchev–Trinajstić information content (AvgIpc) is 3.29. The van der Waals surface area contributed by atoms with Crippen molar-refractivity contribution in [2.45, 2.75) is 134 Å². The second-order valence-electron chi connectivity index (χ2n) is 20.6. The number of aromatic hydroxyl groups is 2. The van der Waals surface area contributed by atoms with Crippen LogP contribution >= 0.6 is 23.4 Å². The van der Waals surface area contributed by atoms with Crippen molar-refractivity contribution in [1.29, 1.82) is 10.8 Å². The molecule has 1 aromatic heterocycles. The molecule has 14 nitrogen and oxygen atoms in total. The number of aromatic nitrogens is 2.